The van der Waals surface area contributed by atoms with Gasteiger partial charge in [0, 0.05) is 28.3 Å². The first-order chi connectivity index (χ1) is 13.3. The second-order valence-corrected chi connectivity index (χ2v) is 7.31. The summed E-state index contributed by atoms with van der Waals surface area (Å²) in [6, 6.07) is 25.8. The minimum absolute atomic E-state index is 0.0141. The van der Waals surface area contributed by atoms with Gasteiger partial charge in [0.1, 0.15) is 5.82 Å². The summed E-state index contributed by atoms with van der Waals surface area (Å²) in [5, 5.41) is 2.98. The van der Waals surface area contributed by atoms with E-state index in [1.165, 1.54) is 4.90 Å². The molecule has 0 aliphatic heterocycles. The molecule has 1 heterocycles. The van der Waals surface area contributed by atoms with Gasteiger partial charge in [-0.25, -0.2) is 4.98 Å². The molecule has 0 atom stereocenters. The van der Waals surface area contributed by atoms with Crippen LogP contribution in [0.4, 0.5) is 5.69 Å². The van der Waals surface area contributed by atoms with Crippen molar-refractivity contribution in [1.29, 1.82) is 0 Å². The van der Waals surface area contributed by atoms with Gasteiger partial charge in [-0.05, 0) is 36.4 Å². The number of nitrogens with one attached hydrogen (secondary N) is 2. The summed E-state index contributed by atoms with van der Waals surface area (Å²) in [6.45, 7) is 0. The predicted octanol–water partition coefficient (Wildman–Crippen LogP) is 5.35. The summed E-state index contributed by atoms with van der Waals surface area (Å²) < 4.78 is 0. The molecule has 134 valence electrons. The Morgan fingerprint density at radius 2 is 1.78 bits per heavy atom. The van der Waals surface area contributed by atoms with Crippen LogP contribution in [0.1, 0.15) is 6.42 Å². The van der Waals surface area contributed by atoms with Gasteiger partial charge in [-0.3, -0.25) is 4.79 Å². The maximum absolute atomic E-state index is 12.2. The molecule has 0 saturated heterocycles. The molecule has 0 aliphatic rings. The van der Waals surface area contributed by atoms with Crippen LogP contribution in [-0.4, -0.2) is 21.6 Å². The molecule has 0 radical (unpaired) electrons. The number of anilines is 1. The van der Waals surface area contributed by atoms with Crippen LogP contribution in [0.3, 0.4) is 0 Å². The molecule has 4 rings (SSSR count). The summed E-state index contributed by atoms with van der Waals surface area (Å²) in [5.74, 6) is 1.56. The molecule has 0 bridgehead atoms. The molecule has 2 N–H and O–H groups in total. The molecular weight excluding hydrogens is 354 g/mol. The zero-order valence-electron chi connectivity index (χ0n) is 14.7. The summed E-state index contributed by atoms with van der Waals surface area (Å²) in [6.07, 6.45) is 0.467. The van der Waals surface area contributed by atoms with E-state index in [4.69, 9.17) is 0 Å². The van der Waals surface area contributed by atoms with Crippen molar-refractivity contribution in [2.45, 2.75) is 11.3 Å². The van der Waals surface area contributed by atoms with Crippen molar-refractivity contribution >= 4 is 34.4 Å². The number of carbonyl (C=O) groups excluding carboxylic acids is 1. The number of H-pyrrole nitrogens is 1. The predicted molar refractivity (Wildman–Crippen MR) is 112 cm³/mol. The highest BCUT2D eigenvalue weighted by atomic mass is 32.2. The van der Waals surface area contributed by atoms with Crippen molar-refractivity contribution in [2.75, 3.05) is 11.1 Å². The second kappa shape index (κ2) is 8.10. The summed E-state index contributed by atoms with van der Waals surface area (Å²) >= 11 is 1.69. The molecule has 5 heteroatoms. The smallest absolute Gasteiger partial charge is 0.225 e. The van der Waals surface area contributed by atoms with Crippen molar-refractivity contribution in [3.63, 3.8) is 0 Å². The molecule has 0 spiro atoms. The zero-order valence-corrected chi connectivity index (χ0v) is 15.5. The van der Waals surface area contributed by atoms with E-state index in [9.17, 15) is 4.79 Å². The van der Waals surface area contributed by atoms with E-state index in [1.807, 2.05) is 66.7 Å². The van der Waals surface area contributed by atoms with Gasteiger partial charge in [-0.2, -0.15) is 0 Å². The lowest BCUT2D eigenvalue weighted by Crippen LogP contribution is -2.12. The normalized spacial score (nSPS) is 10.8. The standard InChI is InChI=1S/C22H19N3OS/c26-21(13-14-27-18-9-2-1-3-10-18)23-17-8-6-7-16(15-17)22-24-19-11-4-5-12-20(19)25-22/h1-12,15H,13-14H2,(H,23,26)(H,24,25). The first-order valence-electron chi connectivity index (χ1n) is 8.81. The number of fused-ring (bicyclic) bond motifs is 1. The average molecular weight is 373 g/mol. The first-order valence-corrected chi connectivity index (χ1v) is 9.79. The Labute approximate surface area is 162 Å². The van der Waals surface area contributed by atoms with Crippen LogP contribution >= 0.6 is 11.8 Å². The Balaban J connectivity index is 1.39. The Morgan fingerprint density at radius 1 is 0.963 bits per heavy atom. The van der Waals surface area contributed by atoms with Crippen LogP contribution in [-0.2, 0) is 4.79 Å². The number of rotatable bonds is 6. The van der Waals surface area contributed by atoms with Crippen molar-refractivity contribution in [2.24, 2.45) is 0 Å². The summed E-state index contributed by atoms with van der Waals surface area (Å²) in [5.41, 5.74) is 3.66. The van der Waals surface area contributed by atoms with Crippen molar-refractivity contribution < 1.29 is 4.79 Å². The van der Waals surface area contributed by atoms with E-state index >= 15 is 0 Å². The summed E-state index contributed by atoms with van der Waals surface area (Å²) in [4.78, 5) is 21.4. The van der Waals surface area contributed by atoms with Gasteiger partial charge in [0.05, 0.1) is 11.0 Å². The number of carbonyl (C=O) groups is 1. The third kappa shape index (κ3) is 4.38. The zero-order chi connectivity index (χ0) is 18.5. The number of para-hydroxylation sites is 2. The number of hydrogen-bond donors (Lipinski definition) is 2. The fourth-order valence-electron chi connectivity index (χ4n) is 2.84. The number of amides is 1. The molecule has 0 unspecified atom stereocenters. The van der Waals surface area contributed by atoms with Crippen molar-refractivity contribution in [3.8, 4) is 11.4 Å². The molecule has 1 aromatic heterocycles. The minimum atomic E-state index is 0.0141. The van der Waals surface area contributed by atoms with Gasteiger partial charge in [0.25, 0.3) is 0 Å². The Kier molecular flexibility index (Phi) is 5.21. The fourth-order valence-corrected chi connectivity index (χ4v) is 3.71. The lowest BCUT2D eigenvalue weighted by atomic mass is 10.2. The number of benzene rings is 3. The molecule has 0 aliphatic carbocycles. The molecule has 3 aromatic carbocycles. The van der Waals surface area contributed by atoms with Crippen LogP contribution in [0, 0.1) is 0 Å². The minimum Gasteiger partial charge on any atom is -0.338 e. The molecule has 27 heavy (non-hydrogen) atoms. The van der Waals surface area contributed by atoms with Crippen molar-refractivity contribution in [1.82, 2.24) is 9.97 Å². The first kappa shape index (κ1) is 17.4. The van der Waals surface area contributed by atoms with Crippen LogP contribution in [0.5, 0.6) is 0 Å². The molecule has 4 aromatic rings. The quantitative estimate of drug-likeness (QED) is 0.448. The van der Waals surface area contributed by atoms with Gasteiger partial charge in [-0.1, -0.05) is 42.5 Å². The van der Waals surface area contributed by atoms with Gasteiger partial charge in [0.2, 0.25) is 5.91 Å². The second-order valence-electron chi connectivity index (χ2n) is 6.14. The highest BCUT2D eigenvalue weighted by Gasteiger charge is 2.07. The molecule has 0 saturated carbocycles. The van der Waals surface area contributed by atoms with Crippen LogP contribution < -0.4 is 5.32 Å². The average Bonchev–Trinajstić information content (AvgIpc) is 3.13. The fraction of sp³-hybridized carbons (Fsp3) is 0.0909. The Morgan fingerprint density at radius 3 is 2.63 bits per heavy atom. The third-order valence-corrected chi connectivity index (χ3v) is 5.16. The monoisotopic (exact) mass is 373 g/mol. The van der Waals surface area contributed by atoms with E-state index in [0.717, 1.165) is 33.9 Å². The maximum atomic E-state index is 12.2. The van der Waals surface area contributed by atoms with Crippen LogP contribution in [0.2, 0.25) is 0 Å². The van der Waals surface area contributed by atoms with E-state index < -0.39 is 0 Å². The SMILES string of the molecule is O=C(CCSc1ccccc1)Nc1cccc(-c2nc3ccccc3[nH]2)c1. The number of aromatic nitrogens is 2. The van der Waals surface area contributed by atoms with Gasteiger partial charge in [0.15, 0.2) is 0 Å². The number of aromatic amines is 1. The lowest BCUT2D eigenvalue weighted by molar-refractivity contribution is -0.115. The van der Waals surface area contributed by atoms with E-state index in [2.05, 4.69) is 27.4 Å². The number of thioether (sulfide) groups is 1. The van der Waals surface area contributed by atoms with E-state index in [0.29, 0.717) is 6.42 Å². The Bertz CT molecular complexity index is 1030. The molecule has 1 amide bonds. The third-order valence-electron chi connectivity index (χ3n) is 4.15. The number of hydrogen-bond acceptors (Lipinski definition) is 3. The Hall–Kier alpha value is -3.05. The molecule has 4 nitrogen and oxygen atoms in total. The van der Waals surface area contributed by atoms with Gasteiger partial charge in [-0.15, -0.1) is 11.8 Å². The van der Waals surface area contributed by atoms with Crippen LogP contribution in [0.25, 0.3) is 22.4 Å². The van der Waals surface area contributed by atoms with E-state index in [1.54, 1.807) is 11.8 Å². The highest BCUT2D eigenvalue weighted by Crippen LogP contribution is 2.23. The van der Waals surface area contributed by atoms with Gasteiger partial charge >= 0.3 is 0 Å². The summed E-state index contributed by atoms with van der Waals surface area (Å²) in [7, 11) is 0. The lowest BCUT2D eigenvalue weighted by Gasteiger charge is -2.07. The maximum Gasteiger partial charge on any atom is 0.225 e. The van der Waals surface area contributed by atoms with Crippen molar-refractivity contribution in [3.05, 3.63) is 78.9 Å². The molecule has 0 fully saturated rings. The number of imidazole rings is 1. The topological polar surface area (TPSA) is 57.8 Å². The van der Waals surface area contributed by atoms with Gasteiger partial charge < -0.3 is 10.3 Å². The highest BCUT2D eigenvalue weighted by molar-refractivity contribution is 7.99. The number of nitrogens with zero attached hydrogens (tertiary/aromatic N) is 1. The molecular formula is C22H19N3OS. The largest absolute Gasteiger partial charge is 0.338 e. The van der Waals surface area contributed by atoms with Crippen LogP contribution in [0.15, 0.2) is 83.8 Å². The van der Waals surface area contributed by atoms with E-state index in [-0.39, 0.29) is 5.91 Å².